The summed E-state index contributed by atoms with van der Waals surface area (Å²) in [5.74, 6) is 1.09. The molecule has 0 radical (unpaired) electrons. The third kappa shape index (κ3) is 5.87. The van der Waals surface area contributed by atoms with Crippen LogP contribution in [0.3, 0.4) is 0 Å². The lowest BCUT2D eigenvalue weighted by Crippen LogP contribution is -2.30. The summed E-state index contributed by atoms with van der Waals surface area (Å²) in [5, 5.41) is 9.98. The summed E-state index contributed by atoms with van der Waals surface area (Å²) >= 11 is 0. The molecule has 130 valence electrons. The van der Waals surface area contributed by atoms with Gasteiger partial charge in [-0.3, -0.25) is 0 Å². The number of nitrogens with zero attached hydrogens (tertiary/aromatic N) is 1. The van der Waals surface area contributed by atoms with Gasteiger partial charge in [-0.2, -0.15) is 0 Å². The first kappa shape index (κ1) is 14.3. The van der Waals surface area contributed by atoms with Crippen LogP contribution in [0.15, 0.2) is 48.5 Å². The smallest absolute Gasteiger partial charge is 0.122 e. The first-order chi connectivity index (χ1) is 12.7. The Bertz CT molecular complexity index is 720. The van der Waals surface area contributed by atoms with E-state index in [9.17, 15) is 5.11 Å². The van der Waals surface area contributed by atoms with E-state index in [1.807, 2.05) is 49.3 Å². The lowest BCUT2D eigenvalue weighted by atomic mass is 10.0. The van der Waals surface area contributed by atoms with Gasteiger partial charge >= 0.3 is 0 Å². The van der Waals surface area contributed by atoms with Gasteiger partial charge in [-0.25, -0.2) is 0 Å². The lowest BCUT2D eigenvalue weighted by Gasteiger charge is -2.18. The highest BCUT2D eigenvalue weighted by molar-refractivity contribution is 5.35. The Morgan fingerprint density at radius 3 is 2.75 bits per heavy atom. The Labute approximate surface area is 148 Å². The molecular weight excluding hydrogens is 302 g/mol. The van der Waals surface area contributed by atoms with Gasteiger partial charge in [0.25, 0.3) is 0 Å². The van der Waals surface area contributed by atoms with Crippen LogP contribution in [0.4, 0.5) is 0 Å². The highest BCUT2D eigenvalue weighted by Crippen LogP contribution is 2.21. The zero-order valence-electron chi connectivity index (χ0n) is 17.2. The van der Waals surface area contributed by atoms with Gasteiger partial charge < -0.3 is 19.5 Å². The van der Waals surface area contributed by atoms with Gasteiger partial charge in [0.15, 0.2) is 0 Å². The van der Waals surface area contributed by atoms with Gasteiger partial charge in [-0.1, -0.05) is 30.3 Å². The third-order valence-electron chi connectivity index (χ3n) is 3.68. The molecule has 0 bridgehead atoms. The first-order valence-electron chi connectivity index (χ1n) is 9.54. The summed E-state index contributed by atoms with van der Waals surface area (Å²) in [5.41, 5.74) is 2.02. The number of aliphatic hydroxyl groups is 1. The van der Waals surface area contributed by atoms with Crippen LogP contribution in [0, 0.1) is 0 Å². The highest BCUT2D eigenvalue weighted by Gasteiger charge is 2.09. The molecule has 0 heterocycles. The molecule has 0 fully saturated rings. The van der Waals surface area contributed by atoms with E-state index in [0.717, 1.165) is 29.7 Å². The molecule has 1 unspecified atom stereocenters. The first-order valence-corrected chi connectivity index (χ1v) is 8.04. The minimum absolute atomic E-state index is 0.233. The molecule has 0 aliphatic heterocycles. The van der Waals surface area contributed by atoms with Gasteiger partial charge in [-0.05, 0) is 56.3 Å². The average molecular weight is 332 g/mol. The number of methoxy groups -OCH3 is 1. The van der Waals surface area contributed by atoms with E-state index in [-0.39, 0.29) is 6.61 Å². The van der Waals surface area contributed by atoms with Gasteiger partial charge in [0.2, 0.25) is 0 Å². The predicted octanol–water partition coefficient (Wildman–Crippen LogP) is 2.78. The molecule has 2 aromatic rings. The van der Waals surface area contributed by atoms with Crippen molar-refractivity contribution in [2.75, 3.05) is 34.3 Å². The molecule has 0 aliphatic carbocycles. The minimum Gasteiger partial charge on any atom is -0.497 e. The molecule has 1 N–H and O–H groups in total. The second-order valence-electron chi connectivity index (χ2n) is 6.08. The molecule has 0 aromatic heterocycles. The van der Waals surface area contributed by atoms with E-state index in [4.69, 9.17) is 13.6 Å². The number of benzene rings is 2. The van der Waals surface area contributed by atoms with Crippen LogP contribution >= 0.6 is 0 Å². The summed E-state index contributed by atoms with van der Waals surface area (Å²) in [6.45, 7) is 0.773. The van der Waals surface area contributed by atoms with Crippen LogP contribution in [0.1, 0.15) is 15.2 Å². The molecule has 24 heavy (non-hydrogen) atoms. The number of rotatable bonds is 9. The molecule has 2 rings (SSSR count). The molecule has 0 spiro atoms. The Balaban J connectivity index is 1.97. The van der Waals surface area contributed by atoms with Crippen molar-refractivity contribution < 1.29 is 18.7 Å². The van der Waals surface area contributed by atoms with E-state index < -0.39 is 13.1 Å². The molecular formula is C20H27NO3. The molecule has 0 amide bonds. The van der Waals surface area contributed by atoms with Gasteiger partial charge in [0.05, 0.1) is 11.2 Å². The van der Waals surface area contributed by atoms with Crippen LogP contribution in [-0.2, 0) is 12.8 Å². The molecule has 0 aliphatic rings. The van der Waals surface area contributed by atoms with Gasteiger partial charge in [0.1, 0.15) is 24.2 Å². The Kier molecular flexibility index (Phi) is 5.55. The third-order valence-corrected chi connectivity index (χ3v) is 3.68. The SMILES string of the molecule is [2H]C([2H])([2H])Oc1cccc(CCc2ccccc2OCC(O)CN(C)C)c1. The zero-order valence-corrected chi connectivity index (χ0v) is 14.2. The second kappa shape index (κ2) is 9.30. The van der Waals surface area contributed by atoms with Crippen molar-refractivity contribution in [3.05, 3.63) is 59.7 Å². The topological polar surface area (TPSA) is 41.9 Å². The summed E-state index contributed by atoms with van der Waals surface area (Å²) in [6, 6.07) is 14.9. The quantitative estimate of drug-likeness (QED) is 0.767. The maximum Gasteiger partial charge on any atom is 0.122 e. The van der Waals surface area contributed by atoms with E-state index >= 15 is 0 Å². The molecule has 2 aromatic carbocycles. The van der Waals surface area contributed by atoms with Crippen LogP contribution in [-0.4, -0.2) is 50.4 Å². The van der Waals surface area contributed by atoms with Crippen molar-refractivity contribution >= 4 is 0 Å². The fourth-order valence-corrected chi connectivity index (χ4v) is 2.55. The minimum atomic E-state index is -2.45. The summed E-state index contributed by atoms with van der Waals surface area (Å²) < 4.78 is 32.4. The maximum absolute atomic E-state index is 9.98. The largest absolute Gasteiger partial charge is 0.497 e. The predicted molar refractivity (Wildman–Crippen MR) is 96.9 cm³/mol. The average Bonchev–Trinajstić information content (AvgIpc) is 2.57. The summed E-state index contributed by atoms with van der Waals surface area (Å²) in [4.78, 5) is 1.91. The number of para-hydroxylation sites is 1. The van der Waals surface area contributed by atoms with Crippen molar-refractivity contribution in [2.45, 2.75) is 18.9 Å². The van der Waals surface area contributed by atoms with E-state index in [1.54, 1.807) is 18.2 Å². The Morgan fingerprint density at radius 2 is 1.96 bits per heavy atom. The second-order valence-corrected chi connectivity index (χ2v) is 6.08. The number of ether oxygens (including phenoxy) is 2. The number of aryl methyl sites for hydroxylation is 2. The summed E-state index contributed by atoms with van der Waals surface area (Å²) in [7, 11) is 1.36. The fourth-order valence-electron chi connectivity index (χ4n) is 2.55. The van der Waals surface area contributed by atoms with Crippen molar-refractivity contribution in [3.8, 4) is 11.5 Å². The Hall–Kier alpha value is -2.04. The van der Waals surface area contributed by atoms with E-state index in [0.29, 0.717) is 12.3 Å². The van der Waals surface area contributed by atoms with Crippen LogP contribution < -0.4 is 9.47 Å². The maximum atomic E-state index is 9.98. The fraction of sp³-hybridized carbons (Fsp3) is 0.400. The number of hydrogen-bond acceptors (Lipinski definition) is 4. The van der Waals surface area contributed by atoms with Crippen LogP contribution in [0.25, 0.3) is 0 Å². The van der Waals surface area contributed by atoms with Crippen molar-refractivity contribution in [1.29, 1.82) is 0 Å². The monoisotopic (exact) mass is 332 g/mol. The molecule has 0 saturated heterocycles. The standard InChI is InChI=1S/C20H27NO3/c1-21(2)14-18(22)15-24-20-10-5-4-8-17(20)12-11-16-7-6-9-19(13-16)23-3/h4-10,13,18,22H,11-12,14-15H2,1-3H3/i3D3. The van der Waals surface area contributed by atoms with Gasteiger partial charge in [0, 0.05) is 6.54 Å². The molecule has 4 heteroatoms. The molecule has 1 atom stereocenters. The van der Waals surface area contributed by atoms with Crippen molar-refractivity contribution in [2.24, 2.45) is 0 Å². The van der Waals surface area contributed by atoms with E-state index in [1.165, 1.54) is 0 Å². The van der Waals surface area contributed by atoms with Crippen LogP contribution in [0.2, 0.25) is 0 Å². The molecule has 4 nitrogen and oxygen atoms in total. The van der Waals surface area contributed by atoms with Crippen molar-refractivity contribution in [3.63, 3.8) is 0 Å². The molecule has 0 saturated carbocycles. The normalized spacial score (nSPS) is 14.6. The Morgan fingerprint density at radius 1 is 1.12 bits per heavy atom. The number of likely N-dealkylation sites (N-methyl/N-ethyl adjacent to an activating group) is 1. The summed E-state index contributed by atoms with van der Waals surface area (Å²) in [6.07, 6.45) is 0.900. The lowest BCUT2D eigenvalue weighted by molar-refractivity contribution is 0.0827. The highest BCUT2D eigenvalue weighted by atomic mass is 16.5. The number of hydrogen-bond donors (Lipinski definition) is 1. The van der Waals surface area contributed by atoms with Gasteiger partial charge in [-0.15, -0.1) is 0 Å². The van der Waals surface area contributed by atoms with Crippen LogP contribution in [0.5, 0.6) is 11.5 Å². The van der Waals surface area contributed by atoms with Crippen molar-refractivity contribution in [1.82, 2.24) is 4.90 Å². The number of aliphatic hydroxyl groups excluding tert-OH is 1. The zero-order chi connectivity index (χ0) is 19.9. The van der Waals surface area contributed by atoms with E-state index in [2.05, 4.69) is 0 Å².